The highest BCUT2D eigenvalue weighted by Gasteiger charge is 2.44. The highest BCUT2D eigenvalue weighted by Crippen LogP contribution is 2.38. The summed E-state index contributed by atoms with van der Waals surface area (Å²) in [5.74, 6) is 1.05. The summed E-state index contributed by atoms with van der Waals surface area (Å²) in [7, 11) is 0. The second-order valence-electron chi connectivity index (χ2n) is 4.24. The molecule has 0 aromatic rings. The van der Waals surface area contributed by atoms with Gasteiger partial charge in [-0.3, -0.25) is 0 Å². The van der Waals surface area contributed by atoms with Crippen molar-refractivity contribution >= 4 is 5.71 Å². The first-order chi connectivity index (χ1) is 6.36. The molecule has 1 fully saturated rings. The lowest BCUT2D eigenvalue weighted by Gasteiger charge is -2.24. The summed E-state index contributed by atoms with van der Waals surface area (Å²) in [4.78, 5) is 0. The summed E-state index contributed by atoms with van der Waals surface area (Å²) >= 11 is 0. The van der Waals surface area contributed by atoms with Crippen molar-refractivity contribution in [2.45, 2.75) is 24.9 Å². The van der Waals surface area contributed by atoms with E-state index in [1.807, 2.05) is 6.08 Å². The van der Waals surface area contributed by atoms with Gasteiger partial charge in [-0.25, -0.2) is 0 Å². The molecule has 3 unspecified atom stereocenters. The van der Waals surface area contributed by atoms with Gasteiger partial charge in [0.05, 0.1) is 0 Å². The van der Waals surface area contributed by atoms with Crippen LogP contribution in [0.3, 0.4) is 0 Å². The predicted molar refractivity (Wildman–Crippen MR) is 52.9 cm³/mol. The summed E-state index contributed by atoms with van der Waals surface area (Å²) in [6, 6.07) is 1.16. The topological polar surface area (TPSA) is 35.9 Å². The van der Waals surface area contributed by atoms with Gasteiger partial charge in [0.1, 0.15) is 0 Å². The zero-order valence-electron chi connectivity index (χ0n) is 7.53. The van der Waals surface area contributed by atoms with Crippen molar-refractivity contribution in [3.05, 3.63) is 24.3 Å². The van der Waals surface area contributed by atoms with Gasteiger partial charge in [0.15, 0.2) is 0 Å². The van der Waals surface area contributed by atoms with E-state index in [1.165, 1.54) is 0 Å². The predicted octanol–water partition coefficient (Wildman–Crippen LogP) is 1.50. The summed E-state index contributed by atoms with van der Waals surface area (Å²) in [5.41, 5.74) is 0.822. The first-order valence-corrected chi connectivity index (χ1v) is 5.04. The van der Waals surface area contributed by atoms with E-state index in [0.29, 0.717) is 23.9 Å². The van der Waals surface area contributed by atoms with Gasteiger partial charge in [-0.2, -0.15) is 0 Å². The van der Waals surface area contributed by atoms with Crippen LogP contribution in [-0.2, 0) is 0 Å². The molecule has 3 rings (SSSR count). The highest BCUT2D eigenvalue weighted by atomic mass is 15.0. The minimum Gasteiger partial charge on any atom is -0.309 e. The largest absolute Gasteiger partial charge is 0.309 e. The molecule has 13 heavy (non-hydrogen) atoms. The Morgan fingerprint density at radius 3 is 3.00 bits per heavy atom. The van der Waals surface area contributed by atoms with E-state index < -0.39 is 0 Å². The van der Waals surface area contributed by atoms with Gasteiger partial charge in [-0.1, -0.05) is 18.2 Å². The number of fused-ring (bicyclic) bond motifs is 3. The van der Waals surface area contributed by atoms with E-state index in [9.17, 15) is 0 Å². The van der Waals surface area contributed by atoms with E-state index in [1.54, 1.807) is 0 Å². The van der Waals surface area contributed by atoms with Gasteiger partial charge in [-0.05, 0) is 18.9 Å². The third-order valence-corrected chi connectivity index (χ3v) is 3.54. The van der Waals surface area contributed by atoms with Crippen LogP contribution in [0.5, 0.6) is 0 Å². The number of rotatable bonds is 0. The van der Waals surface area contributed by atoms with Crippen LogP contribution >= 0.6 is 0 Å². The van der Waals surface area contributed by atoms with Gasteiger partial charge < -0.3 is 10.7 Å². The lowest BCUT2D eigenvalue weighted by atomic mass is 9.81. The zero-order valence-corrected chi connectivity index (χ0v) is 7.53. The molecule has 0 saturated carbocycles. The average Bonchev–Trinajstić information content (AvgIpc) is 2.62. The van der Waals surface area contributed by atoms with Crippen LogP contribution < -0.4 is 5.32 Å². The van der Waals surface area contributed by atoms with Crippen LogP contribution in [0.1, 0.15) is 12.8 Å². The summed E-state index contributed by atoms with van der Waals surface area (Å²) in [6.07, 6.45) is 10.9. The normalized spacial score (nSPS) is 46.6. The molecule has 0 aromatic heterocycles. The Balaban J connectivity index is 1.96. The molecule has 1 heterocycles. The van der Waals surface area contributed by atoms with Gasteiger partial charge in [-0.15, -0.1) is 0 Å². The van der Waals surface area contributed by atoms with Crippen LogP contribution in [0.2, 0.25) is 0 Å². The maximum Gasteiger partial charge on any atom is 0.0363 e. The van der Waals surface area contributed by atoms with E-state index >= 15 is 0 Å². The van der Waals surface area contributed by atoms with Crippen LogP contribution in [0.25, 0.3) is 0 Å². The van der Waals surface area contributed by atoms with E-state index in [-0.39, 0.29) is 0 Å². The molecule has 1 aliphatic heterocycles. The van der Waals surface area contributed by atoms with Crippen molar-refractivity contribution in [1.29, 1.82) is 5.41 Å². The van der Waals surface area contributed by atoms with Crippen LogP contribution in [-0.4, -0.2) is 17.8 Å². The minimum atomic E-state index is 0.453. The third-order valence-electron chi connectivity index (χ3n) is 3.54. The quantitative estimate of drug-likeness (QED) is 0.536. The molecule has 0 radical (unpaired) electrons. The standard InChI is InChI=1S/C11H14N2/c12-8-4-2-6-10-11(8)7-3-1-5-9(7)13-10/h1-4,7,9-13H,5-6H2/t7?,9?,10-,11?/m0/s1. The molecule has 2 N–H and O–H groups in total. The van der Waals surface area contributed by atoms with Crippen LogP contribution in [0.15, 0.2) is 24.3 Å². The molecule has 1 saturated heterocycles. The second kappa shape index (κ2) is 2.55. The molecule has 0 amide bonds. The average molecular weight is 174 g/mol. The molecule has 0 aromatic carbocycles. The molecular formula is C11H14N2. The molecule has 68 valence electrons. The van der Waals surface area contributed by atoms with Gasteiger partial charge in [0.2, 0.25) is 0 Å². The summed E-state index contributed by atoms with van der Waals surface area (Å²) < 4.78 is 0. The summed E-state index contributed by atoms with van der Waals surface area (Å²) in [6.45, 7) is 0. The number of hydrogen-bond acceptors (Lipinski definition) is 2. The Bertz CT molecular complexity index is 303. The number of nitrogens with one attached hydrogen (secondary N) is 2. The molecule has 3 aliphatic rings. The highest BCUT2D eigenvalue weighted by molar-refractivity contribution is 5.96. The Kier molecular flexibility index (Phi) is 1.47. The van der Waals surface area contributed by atoms with Crippen molar-refractivity contribution in [2.75, 3.05) is 0 Å². The second-order valence-corrected chi connectivity index (χ2v) is 4.24. The van der Waals surface area contributed by atoms with Crippen LogP contribution in [0, 0.1) is 17.2 Å². The molecule has 2 aliphatic carbocycles. The number of hydrogen-bond donors (Lipinski definition) is 2. The zero-order chi connectivity index (χ0) is 8.84. The molecular weight excluding hydrogens is 160 g/mol. The Morgan fingerprint density at radius 1 is 1.23 bits per heavy atom. The Hall–Kier alpha value is -0.890. The smallest absolute Gasteiger partial charge is 0.0363 e. The van der Waals surface area contributed by atoms with Crippen molar-refractivity contribution < 1.29 is 0 Å². The molecule has 0 spiro atoms. The SMILES string of the molecule is N=C1C=CC[C@@H]2NC3CC=CC3C12. The third kappa shape index (κ3) is 0.953. The van der Waals surface area contributed by atoms with Crippen molar-refractivity contribution in [1.82, 2.24) is 5.32 Å². The molecule has 4 atom stereocenters. The fourth-order valence-electron chi connectivity index (χ4n) is 2.96. The van der Waals surface area contributed by atoms with Gasteiger partial charge in [0, 0.05) is 29.6 Å². The maximum absolute atomic E-state index is 7.91. The van der Waals surface area contributed by atoms with E-state index in [0.717, 1.165) is 18.6 Å². The number of allylic oxidation sites excluding steroid dienone is 1. The fraction of sp³-hybridized carbons (Fsp3) is 0.545. The summed E-state index contributed by atoms with van der Waals surface area (Å²) in [5, 5.41) is 11.5. The van der Waals surface area contributed by atoms with Crippen LogP contribution in [0.4, 0.5) is 0 Å². The maximum atomic E-state index is 7.91. The van der Waals surface area contributed by atoms with E-state index in [4.69, 9.17) is 5.41 Å². The van der Waals surface area contributed by atoms with Gasteiger partial charge in [0.25, 0.3) is 0 Å². The minimum absolute atomic E-state index is 0.453. The molecule has 0 bridgehead atoms. The first-order valence-electron chi connectivity index (χ1n) is 5.04. The van der Waals surface area contributed by atoms with Crippen molar-refractivity contribution in [3.63, 3.8) is 0 Å². The van der Waals surface area contributed by atoms with Crippen molar-refractivity contribution in [3.8, 4) is 0 Å². The van der Waals surface area contributed by atoms with Gasteiger partial charge >= 0.3 is 0 Å². The van der Waals surface area contributed by atoms with E-state index in [2.05, 4.69) is 23.5 Å². The fourth-order valence-corrected chi connectivity index (χ4v) is 2.96. The molecule has 2 nitrogen and oxygen atoms in total. The van der Waals surface area contributed by atoms with Crippen molar-refractivity contribution in [2.24, 2.45) is 11.8 Å². The Labute approximate surface area is 78.2 Å². The Morgan fingerprint density at radius 2 is 2.08 bits per heavy atom. The first kappa shape index (κ1) is 7.51. The monoisotopic (exact) mass is 174 g/mol. The lowest BCUT2D eigenvalue weighted by Crippen LogP contribution is -2.34. The molecule has 2 heteroatoms. The lowest BCUT2D eigenvalue weighted by molar-refractivity contribution is 0.511.